The highest BCUT2D eigenvalue weighted by Gasteiger charge is 2.48. The number of rotatable bonds is 13. The van der Waals surface area contributed by atoms with Crippen LogP contribution in [0, 0.1) is 0 Å². The van der Waals surface area contributed by atoms with E-state index in [-0.39, 0.29) is 6.54 Å². The van der Waals surface area contributed by atoms with Gasteiger partial charge in [0.1, 0.15) is 23.7 Å². The molecule has 0 radical (unpaired) electrons. The first-order valence-corrected chi connectivity index (χ1v) is 14.5. The summed E-state index contributed by atoms with van der Waals surface area (Å²) in [4.78, 5) is 4.06. The molecule has 0 bridgehead atoms. The molecule has 1 aliphatic heterocycles. The lowest BCUT2D eigenvalue weighted by Gasteiger charge is -2.46. The van der Waals surface area contributed by atoms with Crippen molar-refractivity contribution in [2.24, 2.45) is 5.11 Å². The fourth-order valence-corrected chi connectivity index (χ4v) is 5.89. The van der Waals surface area contributed by atoms with Gasteiger partial charge < -0.3 is 18.9 Å². The van der Waals surface area contributed by atoms with E-state index in [1.807, 2.05) is 121 Å². The zero-order valence-corrected chi connectivity index (χ0v) is 23.5. The van der Waals surface area contributed by atoms with Crippen LogP contribution in [0.3, 0.4) is 0 Å². The van der Waals surface area contributed by atoms with Gasteiger partial charge in [0.25, 0.3) is 0 Å². The van der Waals surface area contributed by atoms with E-state index in [0.29, 0.717) is 19.8 Å². The summed E-state index contributed by atoms with van der Waals surface area (Å²) in [5.74, 6) is 0. The largest absolute Gasteiger partial charge is 0.368 e. The van der Waals surface area contributed by atoms with Gasteiger partial charge in [0.05, 0.1) is 32.5 Å². The minimum absolute atomic E-state index is 0.110. The number of thioether (sulfide) groups is 1. The van der Waals surface area contributed by atoms with Gasteiger partial charge in [-0.05, 0) is 34.4 Å². The SMILES string of the molecule is [N-]=[N+]=NC[C@H]1O[C@@H](Sc2ccccc2)[C@H](OCc2ccccc2)[C@@H](OCc2ccccc2)[C@H]1OCc1ccccc1. The molecule has 1 heterocycles. The van der Waals surface area contributed by atoms with Gasteiger partial charge in [0, 0.05) is 9.81 Å². The van der Waals surface area contributed by atoms with Crippen LogP contribution in [0.15, 0.2) is 131 Å². The van der Waals surface area contributed by atoms with Crippen molar-refractivity contribution in [2.45, 2.75) is 54.6 Å². The Labute approximate surface area is 245 Å². The standard InChI is InChI=1S/C33H33N3O4S/c34-36-35-21-29-30(37-22-25-13-5-1-6-14-25)31(38-23-26-15-7-2-8-16-26)32(39-24-27-17-9-3-10-18-27)33(40-29)41-28-19-11-4-12-20-28/h1-20,29-33H,21-24H2/t29-,30+,31+,32-,33+/m1/s1. The Bertz CT molecular complexity index is 1360. The summed E-state index contributed by atoms with van der Waals surface area (Å²) in [7, 11) is 0. The Kier molecular flexibility index (Phi) is 10.9. The van der Waals surface area contributed by atoms with Crippen LogP contribution in [0.2, 0.25) is 0 Å². The highest BCUT2D eigenvalue weighted by molar-refractivity contribution is 7.99. The molecule has 7 nitrogen and oxygen atoms in total. The second kappa shape index (κ2) is 15.4. The number of ether oxygens (including phenoxy) is 4. The van der Waals surface area contributed by atoms with Crippen LogP contribution in [0.5, 0.6) is 0 Å². The lowest BCUT2D eigenvalue weighted by molar-refractivity contribution is -0.244. The third-order valence-corrected chi connectivity index (χ3v) is 7.92. The highest BCUT2D eigenvalue weighted by atomic mass is 32.2. The monoisotopic (exact) mass is 567 g/mol. The van der Waals surface area contributed by atoms with E-state index < -0.39 is 29.9 Å². The second-order valence-electron chi connectivity index (χ2n) is 9.67. The van der Waals surface area contributed by atoms with Crippen molar-refractivity contribution in [3.05, 3.63) is 148 Å². The Morgan fingerprint density at radius 1 is 0.610 bits per heavy atom. The van der Waals surface area contributed by atoms with E-state index in [1.54, 1.807) is 11.8 Å². The summed E-state index contributed by atoms with van der Waals surface area (Å²) in [6.45, 7) is 1.23. The number of hydrogen-bond acceptors (Lipinski definition) is 6. The highest BCUT2D eigenvalue weighted by Crippen LogP contribution is 2.38. The minimum Gasteiger partial charge on any atom is -0.368 e. The van der Waals surface area contributed by atoms with Crippen LogP contribution in [-0.2, 0) is 38.8 Å². The first kappa shape index (κ1) is 28.9. The normalized spacial score (nSPS) is 22.1. The molecular weight excluding hydrogens is 534 g/mol. The predicted molar refractivity (Wildman–Crippen MR) is 160 cm³/mol. The van der Waals surface area contributed by atoms with Gasteiger partial charge in [-0.15, -0.1) is 0 Å². The van der Waals surface area contributed by atoms with Crippen molar-refractivity contribution in [1.29, 1.82) is 0 Å². The predicted octanol–water partition coefficient (Wildman–Crippen LogP) is 7.57. The van der Waals surface area contributed by atoms with Crippen molar-refractivity contribution < 1.29 is 18.9 Å². The number of nitrogens with zero attached hydrogens (tertiary/aromatic N) is 3. The average molecular weight is 568 g/mol. The van der Waals surface area contributed by atoms with E-state index >= 15 is 0 Å². The lowest BCUT2D eigenvalue weighted by Crippen LogP contribution is -2.60. The third kappa shape index (κ3) is 8.44. The first-order valence-electron chi connectivity index (χ1n) is 13.6. The first-order chi connectivity index (χ1) is 20.3. The molecule has 5 rings (SSSR count). The molecule has 4 aromatic carbocycles. The molecule has 0 N–H and O–H groups in total. The number of hydrogen-bond donors (Lipinski definition) is 0. The molecule has 210 valence electrons. The van der Waals surface area contributed by atoms with Crippen LogP contribution in [0.4, 0.5) is 0 Å². The van der Waals surface area contributed by atoms with E-state index in [4.69, 9.17) is 18.9 Å². The maximum absolute atomic E-state index is 9.17. The summed E-state index contributed by atoms with van der Waals surface area (Å²) >= 11 is 1.57. The Morgan fingerprint density at radius 3 is 1.54 bits per heavy atom. The van der Waals surface area contributed by atoms with Crippen molar-refractivity contribution in [2.75, 3.05) is 6.54 Å². The van der Waals surface area contributed by atoms with Gasteiger partial charge in [-0.2, -0.15) is 0 Å². The Hall–Kier alpha value is -3.62. The lowest BCUT2D eigenvalue weighted by atomic mass is 9.98. The Balaban J connectivity index is 1.47. The van der Waals surface area contributed by atoms with E-state index in [1.165, 1.54) is 0 Å². The molecule has 4 aromatic rings. The third-order valence-electron chi connectivity index (χ3n) is 6.77. The van der Waals surface area contributed by atoms with Gasteiger partial charge in [0.2, 0.25) is 0 Å². The Morgan fingerprint density at radius 2 is 1.05 bits per heavy atom. The van der Waals surface area contributed by atoms with Crippen molar-refractivity contribution in [1.82, 2.24) is 0 Å². The second-order valence-corrected chi connectivity index (χ2v) is 10.8. The maximum atomic E-state index is 9.17. The van der Waals surface area contributed by atoms with E-state index in [2.05, 4.69) is 10.0 Å². The van der Waals surface area contributed by atoms with Crippen LogP contribution in [-0.4, -0.2) is 36.4 Å². The molecule has 0 aromatic heterocycles. The van der Waals surface area contributed by atoms with E-state index in [0.717, 1.165) is 21.6 Å². The van der Waals surface area contributed by atoms with Crippen molar-refractivity contribution in [3.8, 4) is 0 Å². The average Bonchev–Trinajstić information content (AvgIpc) is 3.03. The van der Waals surface area contributed by atoms with E-state index in [9.17, 15) is 5.53 Å². The number of benzene rings is 4. The van der Waals surface area contributed by atoms with Crippen molar-refractivity contribution >= 4 is 11.8 Å². The molecule has 1 aliphatic rings. The van der Waals surface area contributed by atoms with Gasteiger partial charge in [0.15, 0.2) is 0 Å². The van der Waals surface area contributed by atoms with Crippen molar-refractivity contribution in [3.63, 3.8) is 0 Å². The molecule has 5 atom stereocenters. The van der Waals surface area contributed by atoms with Gasteiger partial charge >= 0.3 is 0 Å². The zero-order valence-electron chi connectivity index (χ0n) is 22.6. The fourth-order valence-electron chi connectivity index (χ4n) is 4.74. The van der Waals surface area contributed by atoms with Crippen LogP contribution in [0.1, 0.15) is 16.7 Å². The summed E-state index contributed by atoms with van der Waals surface area (Å²) in [5, 5.41) is 3.88. The summed E-state index contributed by atoms with van der Waals surface area (Å²) < 4.78 is 26.5. The molecule has 1 fully saturated rings. The molecule has 0 spiro atoms. The molecule has 0 aliphatic carbocycles. The molecule has 8 heteroatoms. The summed E-state index contributed by atoms with van der Waals surface area (Å²) in [6, 6.07) is 40.1. The molecule has 41 heavy (non-hydrogen) atoms. The quantitative estimate of drug-likeness (QED) is 0.0945. The number of azide groups is 1. The minimum atomic E-state index is -0.544. The summed E-state index contributed by atoms with van der Waals surface area (Å²) in [5.41, 5.74) is 11.9. The molecule has 0 unspecified atom stereocenters. The zero-order chi connectivity index (χ0) is 28.1. The summed E-state index contributed by atoms with van der Waals surface area (Å²) in [6.07, 6.45) is -2.06. The maximum Gasteiger partial charge on any atom is 0.136 e. The van der Waals surface area contributed by atoms with Crippen LogP contribution < -0.4 is 0 Å². The van der Waals surface area contributed by atoms with Crippen LogP contribution >= 0.6 is 11.8 Å². The smallest absolute Gasteiger partial charge is 0.136 e. The molecule has 0 amide bonds. The molecule has 1 saturated heterocycles. The topological polar surface area (TPSA) is 85.7 Å². The fraction of sp³-hybridized carbons (Fsp3) is 0.273. The van der Waals surface area contributed by atoms with Gasteiger partial charge in [-0.3, -0.25) is 0 Å². The molecular formula is C33H33N3O4S. The molecule has 0 saturated carbocycles. The van der Waals surface area contributed by atoms with Crippen LogP contribution in [0.25, 0.3) is 10.4 Å². The van der Waals surface area contributed by atoms with Gasteiger partial charge in [-0.25, -0.2) is 0 Å². The van der Waals surface area contributed by atoms with Gasteiger partial charge in [-0.1, -0.05) is 126 Å².